The van der Waals surface area contributed by atoms with Gasteiger partial charge in [-0.2, -0.15) is 0 Å². The SMILES string of the molecule is O=C(NCc1ccncc1)C1CN(C(=O)CCCc2c[nH]c3ccccc23)CC12CCC2. The van der Waals surface area contributed by atoms with Crippen molar-refractivity contribution in [1.82, 2.24) is 20.2 Å². The number of amides is 2. The third-order valence-electron chi connectivity index (χ3n) is 7.39. The molecule has 32 heavy (non-hydrogen) atoms. The molecule has 166 valence electrons. The summed E-state index contributed by atoms with van der Waals surface area (Å²) in [5.41, 5.74) is 3.42. The molecule has 2 aliphatic rings. The van der Waals surface area contributed by atoms with Crippen molar-refractivity contribution < 1.29 is 9.59 Å². The second-order valence-electron chi connectivity index (χ2n) is 9.33. The van der Waals surface area contributed by atoms with E-state index in [1.807, 2.05) is 29.2 Å². The summed E-state index contributed by atoms with van der Waals surface area (Å²) in [5, 5.41) is 4.33. The Bertz CT molecular complexity index is 1100. The van der Waals surface area contributed by atoms with Gasteiger partial charge in [-0.05, 0) is 55.0 Å². The van der Waals surface area contributed by atoms with Crippen LogP contribution in [0.1, 0.15) is 43.2 Å². The minimum absolute atomic E-state index is 0.0190. The van der Waals surface area contributed by atoms with Crippen molar-refractivity contribution in [1.29, 1.82) is 0 Å². The number of likely N-dealkylation sites (tertiary alicyclic amines) is 1. The molecule has 1 aromatic carbocycles. The number of para-hydroxylation sites is 1. The van der Waals surface area contributed by atoms with Gasteiger partial charge in [0.25, 0.3) is 0 Å². The number of aryl methyl sites for hydroxylation is 1. The highest BCUT2D eigenvalue weighted by molar-refractivity contribution is 5.84. The van der Waals surface area contributed by atoms with E-state index >= 15 is 0 Å². The second-order valence-corrected chi connectivity index (χ2v) is 9.33. The molecule has 2 N–H and O–H groups in total. The Hall–Kier alpha value is -3.15. The zero-order chi connectivity index (χ0) is 22.0. The Morgan fingerprint density at radius 3 is 2.75 bits per heavy atom. The lowest BCUT2D eigenvalue weighted by molar-refractivity contribution is -0.130. The van der Waals surface area contributed by atoms with Crippen LogP contribution in [0.3, 0.4) is 0 Å². The van der Waals surface area contributed by atoms with Crippen LogP contribution < -0.4 is 5.32 Å². The molecule has 2 fully saturated rings. The predicted molar refractivity (Wildman–Crippen MR) is 124 cm³/mol. The zero-order valence-corrected chi connectivity index (χ0v) is 18.3. The lowest BCUT2D eigenvalue weighted by Gasteiger charge is -2.41. The standard InChI is InChI=1S/C26H30N4O2/c31-24(8-3-5-20-16-28-23-7-2-1-6-21(20)23)30-17-22(26(18-30)11-4-12-26)25(32)29-15-19-9-13-27-14-10-19/h1-2,6-7,9-10,13-14,16,22,28H,3-5,8,11-12,15,17-18H2,(H,29,32). The summed E-state index contributed by atoms with van der Waals surface area (Å²) in [6.07, 6.45) is 11.0. The summed E-state index contributed by atoms with van der Waals surface area (Å²) in [6.45, 7) is 1.78. The first-order valence-corrected chi connectivity index (χ1v) is 11.6. The van der Waals surface area contributed by atoms with E-state index in [9.17, 15) is 9.59 Å². The Morgan fingerprint density at radius 2 is 1.97 bits per heavy atom. The van der Waals surface area contributed by atoms with Crippen LogP contribution in [-0.2, 0) is 22.6 Å². The monoisotopic (exact) mass is 430 g/mol. The van der Waals surface area contributed by atoms with Gasteiger partial charge in [0.15, 0.2) is 0 Å². The van der Waals surface area contributed by atoms with Crippen molar-refractivity contribution in [2.24, 2.45) is 11.3 Å². The van der Waals surface area contributed by atoms with E-state index in [1.165, 1.54) is 10.9 Å². The van der Waals surface area contributed by atoms with Gasteiger partial charge in [-0.3, -0.25) is 14.6 Å². The number of carbonyl (C=O) groups excluding carboxylic acids is 2. The van der Waals surface area contributed by atoms with Crippen LogP contribution in [-0.4, -0.2) is 39.8 Å². The van der Waals surface area contributed by atoms with Crippen molar-refractivity contribution in [2.75, 3.05) is 13.1 Å². The summed E-state index contributed by atoms with van der Waals surface area (Å²) in [4.78, 5) is 35.3. The number of fused-ring (bicyclic) bond motifs is 1. The molecule has 1 unspecified atom stereocenters. The molecule has 3 heterocycles. The maximum absolute atomic E-state index is 13.0. The number of hydrogen-bond donors (Lipinski definition) is 2. The number of nitrogens with one attached hydrogen (secondary N) is 2. The first kappa shape index (κ1) is 20.7. The number of benzene rings is 1. The Morgan fingerprint density at radius 1 is 1.16 bits per heavy atom. The highest BCUT2D eigenvalue weighted by atomic mass is 16.2. The largest absolute Gasteiger partial charge is 0.361 e. The van der Waals surface area contributed by atoms with Gasteiger partial charge in [-0.1, -0.05) is 24.6 Å². The van der Waals surface area contributed by atoms with Gasteiger partial charge in [0, 0.05) is 61.0 Å². The third kappa shape index (κ3) is 4.01. The average molecular weight is 431 g/mol. The van der Waals surface area contributed by atoms with E-state index in [4.69, 9.17) is 0 Å². The fourth-order valence-electron chi connectivity index (χ4n) is 5.40. The highest BCUT2D eigenvalue weighted by Gasteiger charge is 2.54. The van der Waals surface area contributed by atoms with E-state index in [2.05, 4.69) is 33.6 Å². The summed E-state index contributed by atoms with van der Waals surface area (Å²) >= 11 is 0. The summed E-state index contributed by atoms with van der Waals surface area (Å²) in [7, 11) is 0. The molecule has 1 spiro atoms. The van der Waals surface area contributed by atoms with Gasteiger partial charge >= 0.3 is 0 Å². The van der Waals surface area contributed by atoms with Crippen LogP contribution in [0.4, 0.5) is 0 Å². The molecule has 1 saturated carbocycles. The minimum atomic E-state index is -0.101. The Kier molecular flexibility index (Phi) is 5.68. The molecule has 1 aliphatic carbocycles. The smallest absolute Gasteiger partial charge is 0.225 e. The van der Waals surface area contributed by atoms with E-state index in [1.54, 1.807) is 12.4 Å². The maximum Gasteiger partial charge on any atom is 0.225 e. The third-order valence-corrected chi connectivity index (χ3v) is 7.39. The lowest BCUT2D eigenvalue weighted by atomic mass is 9.62. The highest BCUT2D eigenvalue weighted by Crippen LogP contribution is 2.51. The van der Waals surface area contributed by atoms with Crippen LogP contribution in [0.5, 0.6) is 0 Å². The number of nitrogens with zero attached hydrogens (tertiary/aromatic N) is 2. The van der Waals surface area contributed by atoms with Crippen molar-refractivity contribution in [3.8, 4) is 0 Å². The molecule has 6 nitrogen and oxygen atoms in total. The van der Waals surface area contributed by atoms with Crippen LogP contribution in [0, 0.1) is 11.3 Å². The van der Waals surface area contributed by atoms with Gasteiger partial charge in [0.05, 0.1) is 5.92 Å². The maximum atomic E-state index is 13.0. The van der Waals surface area contributed by atoms with Crippen LogP contribution >= 0.6 is 0 Å². The molecule has 2 amide bonds. The van der Waals surface area contributed by atoms with Gasteiger partial charge in [-0.15, -0.1) is 0 Å². The van der Waals surface area contributed by atoms with Gasteiger partial charge < -0.3 is 15.2 Å². The van der Waals surface area contributed by atoms with E-state index < -0.39 is 0 Å². The number of rotatable bonds is 7. The van der Waals surface area contributed by atoms with Crippen LogP contribution in [0.25, 0.3) is 10.9 Å². The van der Waals surface area contributed by atoms with E-state index in [-0.39, 0.29) is 23.1 Å². The van der Waals surface area contributed by atoms with Gasteiger partial charge in [0.2, 0.25) is 11.8 Å². The van der Waals surface area contributed by atoms with E-state index in [0.717, 1.165) is 49.7 Å². The molecule has 5 rings (SSSR count). The zero-order valence-electron chi connectivity index (χ0n) is 18.3. The minimum Gasteiger partial charge on any atom is -0.361 e. The van der Waals surface area contributed by atoms with Crippen molar-refractivity contribution >= 4 is 22.7 Å². The number of carbonyl (C=O) groups is 2. The van der Waals surface area contributed by atoms with Crippen molar-refractivity contribution in [3.05, 3.63) is 66.1 Å². The predicted octanol–water partition coefficient (Wildman–Crippen LogP) is 3.83. The average Bonchev–Trinajstić information content (AvgIpc) is 3.41. The van der Waals surface area contributed by atoms with Crippen molar-refractivity contribution in [2.45, 2.75) is 45.1 Å². The molecule has 1 aliphatic heterocycles. The number of pyridine rings is 1. The topological polar surface area (TPSA) is 78.1 Å². The quantitative estimate of drug-likeness (QED) is 0.598. The summed E-state index contributed by atoms with van der Waals surface area (Å²) in [6, 6.07) is 12.1. The van der Waals surface area contributed by atoms with Crippen LogP contribution in [0.2, 0.25) is 0 Å². The fraction of sp³-hybridized carbons (Fsp3) is 0.423. The number of aromatic nitrogens is 2. The molecular weight excluding hydrogens is 400 g/mol. The van der Waals surface area contributed by atoms with Crippen LogP contribution in [0.15, 0.2) is 55.0 Å². The second kappa shape index (κ2) is 8.77. The van der Waals surface area contributed by atoms with Gasteiger partial charge in [0.1, 0.15) is 0 Å². The number of H-pyrrole nitrogens is 1. The van der Waals surface area contributed by atoms with Gasteiger partial charge in [-0.25, -0.2) is 0 Å². The molecule has 1 atom stereocenters. The first-order chi connectivity index (χ1) is 15.6. The molecule has 0 bridgehead atoms. The fourth-order valence-corrected chi connectivity index (χ4v) is 5.40. The number of aromatic amines is 1. The molecule has 2 aromatic heterocycles. The molecule has 6 heteroatoms. The Labute approximate surface area is 188 Å². The molecule has 3 aromatic rings. The van der Waals surface area contributed by atoms with E-state index in [0.29, 0.717) is 19.5 Å². The molecule has 1 saturated heterocycles. The molecular formula is C26H30N4O2. The lowest BCUT2D eigenvalue weighted by Crippen LogP contribution is -2.45. The summed E-state index contributed by atoms with van der Waals surface area (Å²) < 4.78 is 0. The molecule has 0 radical (unpaired) electrons. The van der Waals surface area contributed by atoms with Crippen molar-refractivity contribution in [3.63, 3.8) is 0 Å². The Balaban J connectivity index is 1.16. The first-order valence-electron chi connectivity index (χ1n) is 11.6. The summed E-state index contributed by atoms with van der Waals surface area (Å²) in [5.74, 6) is 0.159. The number of hydrogen-bond acceptors (Lipinski definition) is 3. The normalized spacial score (nSPS) is 19.2.